The molecule has 0 aliphatic carbocycles. The van der Waals surface area contributed by atoms with E-state index in [1.54, 1.807) is 0 Å². The molecule has 8 heavy (non-hydrogen) atoms. The molecule has 0 radical (unpaired) electrons. The van der Waals surface area contributed by atoms with E-state index in [-0.39, 0.29) is 0 Å². The summed E-state index contributed by atoms with van der Waals surface area (Å²) in [5.41, 5.74) is 1.15. The molecule has 0 heterocycles. The monoisotopic (exact) mass is 110 g/mol. The van der Waals surface area contributed by atoms with Crippen molar-refractivity contribution in [2.75, 3.05) is 0 Å². The molecule has 0 aromatic rings. The number of allylic oxidation sites excluding steroid dienone is 2. The molecule has 46 valence electrons. The van der Waals surface area contributed by atoms with Crippen LogP contribution in [0.25, 0.3) is 0 Å². The Bertz CT molecular complexity index is 90.2. The Hall–Kier alpha value is -0.520. The quantitative estimate of drug-likeness (QED) is 0.490. The Morgan fingerprint density at radius 2 is 2.25 bits per heavy atom. The SMILES string of the molecule is C=CC(=C)[C@H](C)CC. The van der Waals surface area contributed by atoms with Crippen molar-refractivity contribution in [3.05, 3.63) is 24.8 Å². The van der Waals surface area contributed by atoms with Crippen molar-refractivity contribution in [3.63, 3.8) is 0 Å². The average Bonchev–Trinajstić information content (AvgIpc) is 1.84. The van der Waals surface area contributed by atoms with Gasteiger partial charge in [-0.1, -0.05) is 38.7 Å². The van der Waals surface area contributed by atoms with E-state index in [0.29, 0.717) is 5.92 Å². The van der Waals surface area contributed by atoms with Gasteiger partial charge in [-0.2, -0.15) is 0 Å². The van der Waals surface area contributed by atoms with E-state index < -0.39 is 0 Å². The van der Waals surface area contributed by atoms with Crippen LogP contribution in [0.2, 0.25) is 0 Å². The lowest BCUT2D eigenvalue weighted by molar-refractivity contribution is 0.673. The van der Waals surface area contributed by atoms with E-state index in [4.69, 9.17) is 0 Å². The van der Waals surface area contributed by atoms with Gasteiger partial charge in [0.05, 0.1) is 0 Å². The molecule has 1 atom stereocenters. The number of hydrogen-bond donors (Lipinski definition) is 0. The molecule has 0 heteroatoms. The van der Waals surface area contributed by atoms with Crippen LogP contribution in [-0.4, -0.2) is 0 Å². The van der Waals surface area contributed by atoms with Crippen LogP contribution < -0.4 is 0 Å². The van der Waals surface area contributed by atoms with Crippen LogP contribution >= 0.6 is 0 Å². The summed E-state index contributed by atoms with van der Waals surface area (Å²) in [6, 6.07) is 0. The summed E-state index contributed by atoms with van der Waals surface area (Å²) >= 11 is 0. The first-order chi connectivity index (χ1) is 3.72. The van der Waals surface area contributed by atoms with Gasteiger partial charge in [-0.3, -0.25) is 0 Å². The molecule has 0 fully saturated rings. The van der Waals surface area contributed by atoms with Gasteiger partial charge >= 0.3 is 0 Å². The average molecular weight is 110 g/mol. The largest absolute Gasteiger partial charge is 0.0988 e. The molecule has 0 bridgehead atoms. The van der Waals surface area contributed by atoms with Gasteiger partial charge in [0.15, 0.2) is 0 Å². The van der Waals surface area contributed by atoms with Crippen molar-refractivity contribution >= 4 is 0 Å². The van der Waals surface area contributed by atoms with Crippen LogP contribution in [0, 0.1) is 5.92 Å². The van der Waals surface area contributed by atoms with Crippen LogP contribution in [0.15, 0.2) is 24.8 Å². The third kappa shape index (κ3) is 1.97. The summed E-state index contributed by atoms with van der Waals surface area (Å²) in [6.45, 7) is 11.8. The van der Waals surface area contributed by atoms with E-state index in [9.17, 15) is 0 Å². The zero-order chi connectivity index (χ0) is 6.57. The fraction of sp³-hybridized carbons (Fsp3) is 0.500. The van der Waals surface area contributed by atoms with Crippen LogP contribution in [0.1, 0.15) is 20.3 Å². The van der Waals surface area contributed by atoms with Gasteiger partial charge in [-0.25, -0.2) is 0 Å². The van der Waals surface area contributed by atoms with E-state index in [1.165, 1.54) is 0 Å². The molecule has 0 unspecified atom stereocenters. The predicted molar refractivity (Wildman–Crippen MR) is 38.8 cm³/mol. The minimum Gasteiger partial charge on any atom is -0.0988 e. The molecular formula is C8H14. The number of rotatable bonds is 3. The highest BCUT2D eigenvalue weighted by Crippen LogP contribution is 2.11. The van der Waals surface area contributed by atoms with Crippen LogP contribution in [0.3, 0.4) is 0 Å². The summed E-state index contributed by atoms with van der Waals surface area (Å²) in [6.07, 6.45) is 2.99. The normalized spacial score (nSPS) is 12.8. The molecule has 0 nitrogen and oxygen atoms in total. The maximum atomic E-state index is 3.83. The van der Waals surface area contributed by atoms with Gasteiger partial charge in [-0.05, 0) is 12.3 Å². The van der Waals surface area contributed by atoms with E-state index in [2.05, 4.69) is 27.0 Å². The molecule has 0 N–H and O–H groups in total. The molecule has 0 amide bonds. The molecular weight excluding hydrogens is 96.1 g/mol. The van der Waals surface area contributed by atoms with Gasteiger partial charge < -0.3 is 0 Å². The molecule has 0 saturated carbocycles. The zero-order valence-corrected chi connectivity index (χ0v) is 5.78. The lowest BCUT2D eigenvalue weighted by Crippen LogP contribution is -1.91. The first kappa shape index (κ1) is 7.48. The van der Waals surface area contributed by atoms with Crippen molar-refractivity contribution in [2.24, 2.45) is 5.92 Å². The fourth-order valence-electron chi connectivity index (χ4n) is 0.463. The second-order valence-electron chi connectivity index (χ2n) is 2.09. The summed E-state index contributed by atoms with van der Waals surface area (Å²) in [7, 11) is 0. The molecule has 0 spiro atoms. The second-order valence-corrected chi connectivity index (χ2v) is 2.09. The van der Waals surface area contributed by atoms with Crippen molar-refractivity contribution in [3.8, 4) is 0 Å². The Balaban J connectivity index is 3.62. The fourth-order valence-corrected chi connectivity index (χ4v) is 0.463. The number of hydrogen-bond acceptors (Lipinski definition) is 0. The van der Waals surface area contributed by atoms with Gasteiger partial charge in [0.1, 0.15) is 0 Å². The third-order valence-corrected chi connectivity index (χ3v) is 1.51. The first-order valence-corrected chi connectivity index (χ1v) is 3.03. The van der Waals surface area contributed by atoms with Crippen molar-refractivity contribution < 1.29 is 0 Å². The second kappa shape index (κ2) is 3.48. The van der Waals surface area contributed by atoms with E-state index in [1.807, 2.05) is 6.08 Å². The Kier molecular flexibility index (Phi) is 3.25. The summed E-state index contributed by atoms with van der Waals surface area (Å²) < 4.78 is 0. The van der Waals surface area contributed by atoms with Gasteiger partial charge in [0.2, 0.25) is 0 Å². The lowest BCUT2D eigenvalue weighted by atomic mass is 10.0. The summed E-state index contributed by atoms with van der Waals surface area (Å²) in [5.74, 6) is 0.604. The van der Waals surface area contributed by atoms with E-state index >= 15 is 0 Å². The predicted octanol–water partition coefficient (Wildman–Crippen LogP) is 2.77. The topological polar surface area (TPSA) is 0 Å². The van der Waals surface area contributed by atoms with Crippen LogP contribution in [0.5, 0.6) is 0 Å². The molecule has 0 rings (SSSR count). The highest BCUT2D eigenvalue weighted by Gasteiger charge is 1.96. The molecule has 0 aliphatic heterocycles. The third-order valence-electron chi connectivity index (χ3n) is 1.51. The highest BCUT2D eigenvalue weighted by molar-refractivity contribution is 5.13. The minimum atomic E-state index is 0.604. The lowest BCUT2D eigenvalue weighted by Gasteiger charge is -2.05. The summed E-state index contributed by atoms with van der Waals surface area (Å²) in [4.78, 5) is 0. The van der Waals surface area contributed by atoms with E-state index in [0.717, 1.165) is 12.0 Å². The van der Waals surface area contributed by atoms with Crippen molar-refractivity contribution in [2.45, 2.75) is 20.3 Å². The Labute approximate surface area is 51.9 Å². The zero-order valence-electron chi connectivity index (χ0n) is 5.78. The van der Waals surface area contributed by atoms with Gasteiger partial charge in [-0.15, -0.1) is 0 Å². The Morgan fingerprint density at radius 1 is 1.75 bits per heavy atom. The molecule has 0 aliphatic rings. The maximum Gasteiger partial charge on any atom is -0.0199 e. The highest BCUT2D eigenvalue weighted by atomic mass is 14.0. The minimum absolute atomic E-state index is 0.604. The first-order valence-electron chi connectivity index (χ1n) is 3.03. The Morgan fingerprint density at radius 3 is 2.38 bits per heavy atom. The van der Waals surface area contributed by atoms with Gasteiger partial charge in [0.25, 0.3) is 0 Å². The molecule has 0 aromatic heterocycles. The van der Waals surface area contributed by atoms with Gasteiger partial charge in [0, 0.05) is 0 Å². The van der Waals surface area contributed by atoms with Crippen molar-refractivity contribution in [1.82, 2.24) is 0 Å². The van der Waals surface area contributed by atoms with Crippen molar-refractivity contribution in [1.29, 1.82) is 0 Å². The smallest absolute Gasteiger partial charge is 0.0199 e. The molecule has 0 saturated heterocycles. The standard InChI is InChI=1S/C8H14/c1-5-7(3)8(4)6-2/h5,8H,1,3,6H2,2,4H3/t8-/m1/s1. The van der Waals surface area contributed by atoms with Crippen LogP contribution in [-0.2, 0) is 0 Å². The maximum absolute atomic E-state index is 3.83. The summed E-state index contributed by atoms with van der Waals surface area (Å²) in [5, 5.41) is 0. The molecule has 0 aromatic carbocycles. The van der Waals surface area contributed by atoms with Crippen LogP contribution in [0.4, 0.5) is 0 Å².